The Hall–Kier alpha value is -1.75. The highest BCUT2D eigenvalue weighted by Crippen LogP contribution is 2.22. The summed E-state index contributed by atoms with van der Waals surface area (Å²) in [5.74, 6) is 0.142. The normalized spacial score (nSPS) is 13.9. The van der Waals surface area contributed by atoms with Gasteiger partial charge in [-0.15, -0.1) is 0 Å². The van der Waals surface area contributed by atoms with Gasteiger partial charge in [0.05, 0.1) is 17.0 Å². The number of anilines is 2. The van der Waals surface area contributed by atoms with Gasteiger partial charge in [-0.3, -0.25) is 4.79 Å². The number of hydrogen-bond donors (Lipinski definition) is 3. The van der Waals surface area contributed by atoms with Crippen LogP contribution in [0.25, 0.3) is 0 Å². The summed E-state index contributed by atoms with van der Waals surface area (Å²) in [7, 11) is 3.79. The lowest BCUT2D eigenvalue weighted by Crippen LogP contribution is -2.41. The molecule has 0 aliphatic rings. The third kappa shape index (κ3) is 5.27. The van der Waals surface area contributed by atoms with E-state index in [0.717, 1.165) is 5.69 Å². The predicted molar refractivity (Wildman–Crippen MR) is 87.6 cm³/mol. The predicted octanol–water partition coefficient (Wildman–Crippen LogP) is 1.86. The first kappa shape index (κ1) is 17.3. The van der Waals surface area contributed by atoms with Crippen molar-refractivity contribution in [3.05, 3.63) is 23.8 Å². The van der Waals surface area contributed by atoms with Crippen molar-refractivity contribution in [2.24, 2.45) is 5.92 Å². The molecule has 0 heterocycles. The molecular weight excluding hydrogens is 266 g/mol. The van der Waals surface area contributed by atoms with Gasteiger partial charge in [0.15, 0.2) is 0 Å². The van der Waals surface area contributed by atoms with Crippen molar-refractivity contribution < 1.29 is 9.90 Å². The SMILES string of the molecule is CC(C)CC(C)(O)CNC(=O)c1ccc(N(C)C)c(N)c1. The van der Waals surface area contributed by atoms with Crippen molar-refractivity contribution in [1.82, 2.24) is 5.32 Å². The number of nitrogens with two attached hydrogens (primary N) is 1. The van der Waals surface area contributed by atoms with Gasteiger partial charge in [0, 0.05) is 26.2 Å². The second-order valence-electron chi connectivity index (χ2n) is 6.45. The van der Waals surface area contributed by atoms with E-state index in [9.17, 15) is 9.90 Å². The molecule has 0 aliphatic carbocycles. The molecule has 4 N–H and O–H groups in total. The van der Waals surface area contributed by atoms with E-state index < -0.39 is 5.60 Å². The Bertz CT molecular complexity index is 496. The molecule has 21 heavy (non-hydrogen) atoms. The number of nitrogens with zero attached hydrogens (tertiary/aromatic N) is 1. The number of nitrogen functional groups attached to an aromatic ring is 1. The van der Waals surface area contributed by atoms with E-state index in [1.165, 1.54) is 0 Å². The molecule has 5 nitrogen and oxygen atoms in total. The van der Waals surface area contributed by atoms with Crippen LogP contribution in [0.4, 0.5) is 11.4 Å². The van der Waals surface area contributed by atoms with Gasteiger partial charge in [-0.05, 0) is 37.5 Å². The van der Waals surface area contributed by atoms with Crippen LogP contribution in [0.1, 0.15) is 37.6 Å². The van der Waals surface area contributed by atoms with Gasteiger partial charge >= 0.3 is 0 Å². The zero-order chi connectivity index (χ0) is 16.2. The largest absolute Gasteiger partial charge is 0.397 e. The lowest BCUT2D eigenvalue weighted by atomic mass is 9.94. The molecule has 0 aromatic heterocycles. The molecule has 0 aliphatic heterocycles. The monoisotopic (exact) mass is 293 g/mol. The minimum Gasteiger partial charge on any atom is -0.397 e. The molecule has 0 spiro atoms. The quantitative estimate of drug-likeness (QED) is 0.700. The van der Waals surface area contributed by atoms with Crippen molar-refractivity contribution in [2.45, 2.75) is 32.8 Å². The van der Waals surface area contributed by atoms with Crippen LogP contribution in [-0.4, -0.2) is 37.3 Å². The number of amides is 1. The smallest absolute Gasteiger partial charge is 0.251 e. The molecule has 1 aromatic rings. The fourth-order valence-corrected chi connectivity index (χ4v) is 2.43. The van der Waals surface area contributed by atoms with Crippen molar-refractivity contribution in [3.63, 3.8) is 0 Å². The Morgan fingerprint density at radius 1 is 1.43 bits per heavy atom. The molecule has 1 rings (SSSR count). The molecular formula is C16H27N3O2. The summed E-state index contributed by atoms with van der Waals surface area (Å²) in [4.78, 5) is 14.0. The fourth-order valence-electron chi connectivity index (χ4n) is 2.43. The summed E-state index contributed by atoms with van der Waals surface area (Å²) in [6.45, 7) is 6.03. The van der Waals surface area contributed by atoms with Crippen molar-refractivity contribution in [2.75, 3.05) is 31.3 Å². The first-order valence-electron chi connectivity index (χ1n) is 7.20. The van der Waals surface area contributed by atoms with E-state index >= 15 is 0 Å². The Morgan fingerprint density at radius 2 is 2.05 bits per heavy atom. The maximum absolute atomic E-state index is 12.1. The third-order valence-electron chi connectivity index (χ3n) is 3.25. The van der Waals surface area contributed by atoms with Gasteiger partial charge in [-0.1, -0.05) is 13.8 Å². The molecule has 1 unspecified atom stereocenters. The van der Waals surface area contributed by atoms with Gasteiger partial charge in [-0.25, -0.2) is 0 Å². The second kappa shape index (κ2) is 6.80. The second-order valence-corrected chi connectivity index (χ2v) is 6.45. The topological polar surface area (TPSA) is 78.6 Å². The zero-order valence-electron chi connectivity index (χ0n) is 13.6. The first-order valence-corrected chi connectivity index (χ1v) is 7.20. The Balaban J connectivity index is 2.70. The number of carbonyl (C=O) groups is 1. The van der Waals surface area contributed by atoms with Crippen LogP contribution in [0.5, 0.6) is 0 Å². The summed E-state index contributed by atoms with van der Waals surface area (Å²) in [6.07, 6.45) is 0.634. The number of carbonyl (C=O) groups excluding carboxylic acids is 1. The molecule has 1 atom stereocenters. The highest BCUT2D eigenvalue weighted by molar-refractivity contribution is 5.96. The van der Waals surface area contributed by atoms with Gasteiger partial charge in [0.1, 0.15) is 0 Å². The fraction of sp³-hybridized carbons (Fsp3) is 0.562. The Morgan fingerprint density at radius 3 is 2.52 bits per heavy atom. The van der Waals surface area contributed by atoms with Crippen LogP contribution in [-0.2, 0) is 0 Å². The van der Waals surface area contributed by atoms with Crippen LogP contribution in [0.3, 0.4) is 0 Å². The summed E-state index contributed by atoms with van der Waals surface area (Å²) in [5.41, 5.74) is 6.96. The number of rotatable bonds is 6. The van der Waals surface area contributed by atoms with Crippen LogP contribution in [0, 0.1) is 5.92 Å². The standard InChI is InChI=1S/C16H27N3O2/c1-11(2)9-16(3,21)10-18-15(20)12-6-7-14(19(4)5)13(17)8-12/h6-8,11,21H,9-10,17H2,1-5H3,(H,18,20). The molecule has 0 saturated carbocycles. The van der Waals surface area contributed by atoms with Crippen molar-refractivity contribution >= 4 is 17.3 Å². The summed E-state index contributed by atoms with van der Waals surface area (Å²) >= 11 is 0. The van der Waals surface area contributed by atoms with E-state index in [-0.39, 0.29) is 12.5 Å². The molecule has 0 bridgehead atoms. The zero-order valence-corrected chi connectivity index (χ0v) is 13.6. The van der Waals surface area contributed by atoms with Crippen LogP contribution >= 0.6 is 0 Å². The summed E-state index contributed by atoms with van der Waals surface area (Å²) in [5, 5.41) is 13.0. The number of benzene rings is 1. The minimum absolute atomic E-state index is 0.222. The van der Waals surface area contributed by atoms with E-state index in [1.54, 1.807) is 19.1 Å². The number of hydrogen-bond acceptors (Lipinski definition) is 4. The third-order valence-corrected chi connectivity index (χ3v) is 3.25. The molecule has 1 aromatic carbocycles. The molecule has 0 radical (unpaired) electrons. The maximum Gasteiger partial charge on any atom is 0.251 e. The maximum atomic E-state index is 12.1. The van der Waals surface area contributed by atoms with Crippen LogP contribution in [0.15, 0.2) is 18.2 Å². The van der Waals surface area contributed by atoms with Crippen LogP contribution < -0.4 is 16.0 Å². The Kier molecular flexibility index (Phi) is 5.61. The number of aliphatic hydroxyl groups is 1. The first-order chi connectivity index (χ1) is 9.62. The molecule has 118 valence electrons. The van der Waals surface area contributed by atoms with Crippen molar-refractivity contribution in [1.29, 1.82) is 0 Å². The minimum atomic E-state index is -0.904. The summed E-state index contributed by atoms with van der Waals surface area (Å²) < 4.78 is 0. The molecule has 5 heteroatoms. The van der Waals surface area contributed by atoms with Gasteiger partial charge in [0.2, 0.25) is 0 Å². The summed E-state index contributed by atoms with van der Waals surface area (Å²) in [6, 6.07) is 5.20. The number of nitrogens with one attached hydrogen (secondary N) is 1. The average molecular weight is 293 g/mol. The van der Waals surface area contributed by atoms with E-state index in [0.29, 0.717) is 23.6 Å². The van der Waals surface area contributed by atoms with Crippen LogP contribution in [0.2, 0.25) is 0 Å². The highest BCUT2D eigenvalue weighted by Gasteiger charge is 2.23. The van der Waals surface area contributed by atoms with Gasteiger partial charge < -0.3 is 21.1 Å². The lowest BCUT2D eigenvalue weighted by molar-refractivity contribution is 0.0368. The van der Waals surface area contributed by atoms with E-state index in [1.807, 2.05) is 38.9 Å². The van der Waals surface area contributed by atoms with E-state index in [2.05, 4.69) is 5.32 Å². The molecule has 0 fully saturated rings. The van der Waals surface area contributed by atoms with Gasteiger partial charge in [0.25, 0.3) is 5.91 Å². The van der Waals surface area contributed by atoms with Gasteiger partial charge in [-0.2, -0.15) is 0 Å². The highest BCUT2D eigenvalue weighted by atomic mass is 16.3. The Labute approximate surface area is 127 Å². The molecule has 1 amide bonds. The molecule has 0 saturated heterocycles. The average Bonchev–Trinajstić information content (AvgIpc) is 2.33. The lowest BCUT2D eigenvalue weighted by Gasteiger charge is -2.25. The van der Waals surface area contributed by atoms with Crippen molar-refractivity contribution in [3.8, 4) is 0 Å². The van der Waals surface area contributed by atoms with E-state index in [4.69, 9.17) is 5.73 Å².